The van der Waals surface area contributed by atoms with Gasteiger partial charge in [0.2, 0.25) is 5.91 Å². The maximum Gasteiger partial charge on any atom is 0.230 e. The van der Waals surface area contributed by atoms with Gasteiger partial charge in [0.15, 0.2) is 0 Å². The number of hydrogen-bond donors (Lipinski definition) is 2. The van der Waals surface area contributed by atoms with Gasteiger partial charge in [0.25, 0.3) is 0 Å². The van der Waals surface area contributed by atoms with Gasteiger partial charge in [-0.3, -0.25) is 4.79 Å². The number of aliphatic hydroxyl groups is 1. The lowest BCUT2D eigenvalue weighted by Crippen LogP contribution is -2.32. The predicted octanol–water partition coefficient (Wildman–Crippen LogP) is 2.18. The monoisotopic (exact) mass is 263 g/mol. The highest BCUT2D eigenvalue weighted by molar-refractivity contribution is 5.94. The van der Waals surface area contributed by atoms with Crippen LogP contribution >= 0.6 is 0 Å². The number of ether oxygens (including phenoxy) is 1. The molecule has 1 aliphatic rings. The molecule has 0 spiro atoms. The molecular formula is C15H21NO3. The van der Waals surface area contributed by atoms with Crippen molar-refractivity contribution < 1.29 is 14.6 Å². The van der Waals surface area contributed by atoms with Crippen molar-refractivity contribution in [2.45, 2.75) is 39.6 Å². The topological polar surface area (TPSA) is 58.6 Å². The van der Waals surface area contributed by atoms with E-state index in [1.165, 1.54) is 0 Å². The molecule has 4 heteroatoms. The summed E-state index contributed by atoms with van der Waals surface area (Å²) in [5, 5.41) is 12.2. The summed E-state index contributed by atoms with van der Waals surface area (Å²) < 4.78 is 5.69. The molecular weight excluding hydrogens is 242 g/mol. The molecule has 0 bridgehead atoms. The van der Waals surface area contributed by atoms with E-state index in [0.29, 0.717) is 5.69 Å². The van der Waals surface area contributed by atoms with Gasteiger partial charge in [-0.2, -0.15) is 0 Å². The Morgan fingerprint density at radius 2 is 1.95 bits per heavy atom. The molecule has 19 heavy (non-hydrogen) atoms. The minimum absolute atomic E-state index is 0.0368. The van der Waals surface area contributed by atoms with E-state index in [1.807, 2.05) is 32.9 Å². The quantitative estimate of drug-likeness (QED) is 0.878. The molecule has 4 unspecified atom stereocenters. The van der Waals surface area contributed by atoms with Crippen molar-refractivity contribution in [2.75, 3.05) is 5.32 Å². The number of carbonyl (C=O) groups is 1. The smallest absolute Gasteiger partial charge is 0.230 e. The first-order chi connectivity index (χ1) is 9.04. The average molecular weight is 263 g/mol. The number of rotatable bonds is 3. The highest BCUT2D eigenvalue weighted by Crippen LogP contribution is 2.33. The van der Waals surface area contributed by atoms with Crippen LogP contribution < -0.4 is 5.32 Å². The van der Waals surface area contributed by atoms with Crippen LogP contribution in [0.15, 0.2) is 24.3 Å². The number of benzene rings is 1. The lowest BCUT2D eigenvalue weighted by atomic mass is 9.88. The van der Waals surface area contributed by atoms with E-state index < -0.39 is 0 Å². The highest BCUT2D eigenvalue weighted by Gasteiger charge is 2.41. The number of carbonyl (C=O) groups excluding carboxylic acids is 1. The Bertz CT molecular complexity index is 460. The first kappa shape index (κ1) is 14.0. The third kappa shape index (κ3) is 2.80. The largest absolute Gasteiger partial charge is 0.392 e. The molecule has 2 N–H and O–H groups in total. The lowest BCUT2D eigenvalue weighted by molar-refractivity contribution is -0.121. The van der Waals surface area contributed by atoms with Gasteiger partial charge in [0.1, 0.15) is 0 Å². The van der Waals surface area contributed by atoms with E-state index >= 15 is 0 Å². The molecule has 1 aliphatic heterocycles. The Hall–Kier alpha value is -1.39. The Morgan fingerprint density at radius 1 is 1.26 bits per heavy atom. The summed E-state index contributed by atoms with van der Waals surface area (Å²) in [6.07, 6.45) is 0.0186. The zero-order valence-electron chi connectivity index (χ0n) is 11.6. The van der Waals surface area contributed by atoms with Crippen LogP contribution in [-0.4, -0.2) is 23.2 Å². The number of anilines is 1. The molecule has 2 rings (SSSR count). The van der Waals surface area contributed by atoms with Gasteiger partial charge in [-0.1, -0.05) is 25.1 Å². The van der Waals surface area contributed by atoms with Crippen LogP contribution in [0.1, 0.15) is 26.3 Å². The number of nitrogens with one attached hydrogen (secondary N) is 1. The fourth-order valence-corrected chi connectivity index (χ4v) is 2.71. The molecule has 4 atom stereocenters. The second kappa shape index (κ2) is 5.72. The molecule has 0 radical (unpaired) electrons. The van der Waals surface area contributed by atoms with Gasteiger partial charge >= 0.3 is 0 Å². The van der Waals surface area contributed by atoms with Crippen LogP contribution in [0, 0.1) is 11.8 Å². The minimum atomic E-state index is -0.151. The van der Waals surface area contributed by atoms with E-state index in [4.69, 9.17) is 4.74 Å². The van der Waals surface area contributed by atoms with E-state index in [2.05, 4.69) is 5.32 Å². The van der Waals surface area contributed by atoms with Crippen LogP contribution in [0.2, 0.25) is 0 Å². The number of amides is 1. The molecule has 0 aliphatic carbocycles. The Labute approximate surface area is 113 Å². The Balaban J connectivity index is 2.13. The molecule has 1 heterocycles. The van der Waals surface area contributed by atoms with Crippen molar-refractivity contribution in [3.05, 3.63) is 29.8 Å². The van der Waals surface area contributed by atoms with E-state index in [-0.39, 0.29) is 36.6 Å². The van der Waals surface area contributed by atoms with Crippen molar-refractivity contribution in [3.63, 3.8) is 0 Å². The van der Waals surface area contributed by atoms with Gasteiger partial charge in [0, 0.05) is 11.3 Å². The number of aliphatic hydroxyl groups excluding tert-OH is 1. The van der Waals surface area contributed by atoms with Gasteiger partial charge in [-0.15, -0.1) is 0 Å². The van der Waals surface area contributed by atoms with Gasteiger partial charge in [0.05, 0.1) is 24.7 Å². The second-order valence-corrected chi connectivity index (χ2v) is 5.24. The van der Waals surface area contributed by atoms with Crippen molar-refractivity contribution in [1.29, 1.82) is 0 Å². The van der Waals surface area contributed by atoms with Crippen LogP contribution in [0.5, 0.6) is 0 Å². The summed E-state index contributed by atoms with van der Waals surface area (Å²) in [7, 11) is 0. The molecule has 1 aromatic carbocycles. The van der Waals surface area contributed by atoms with Gasteiger partial charge < -0.3 is 15.2 Å². The van der Waals surface area contributed by atoms with Crippen LogP contribution in [0.4, 0.5) is 5.69 Å². The predicted molar refractivity (Wildman–Crippen MR) is 73.7 cm³/mol. The lowest BCUT2D eigenvalue weighted by Gasteiger charge is -2.19. The molecule has 1 fully saturated rings. The van der Waals surface area contributed by atoms with Gasteiger partial charge in [-0.25, -0.2) is 0 Å². The van der Waals surface area contributed by atoms with Crippen molar-refractivity contribution in [1.82, 2.24) is 0 Å². The van der Waals surface area contributed by atoms with Gasteiger partial charge in [-0.05, 0) is 25.8 Å². The number of para-hydroxylation sites is 1. The van der Waals surface area contributed by atoms with E-state index in [9.17, 15) is 9.90 Å². The van der Waals surface area contributed by atoms with Crippen molar-refractivity contribution >= 4 is 11.6 Å². The zero-order chi connectivity index (χ0) is 14.0. The third-order valence-corrected chi connectivity index (χ3v) is 3.99. The molecule has 1 aromatic rings. The fraction of sp³-hybridized carbons (Fsp3) is 0.533. The molecule has 4 nitrogen and oxygen atoms in total. The molecule has 0 aromatic heterocycles. The number of hydrogen-bond acceptors (Lipinski definition) is 3. The van der Waals surface area contributed by atoms with Crippen LogP contribution in [0.25, 0.3) is 0 Å². The molecule has 0 saturated carbocycles. The summed E-state index contributed by atoms with van der Waals surface area (Å²) in [5.41, 5.74) is 1.40. The molecule has 104 valence electrons. The zero-order valence-corrected chi connectivity index (χ0v) is 11.6. The maximum absolute atomic E-state index is 12.4. The van der Waals surface area contributed by atoms with Crippen LogP contribution in [0.3, 0.4) is 0 Å². The summed E-state index contributed by atoms with van der Waals surface area (Å²) in [4.78, 5) is 12.4. The standard InChI is InChI=1S/C15H21NO3/c1-9-10(2)19-11(3)14(9)15(18)16-13-7-5-4-6-12(13)8-17/h4-7,9-11,14,17H,8H2,1-3H3,(H,16,18). The SMILES string of the molecule is CC1OC(C)C(C(=O)Nc2ccccc2CO)C1C. The second-order valence-electron chi connectivity index (χ2n) is 5.24. The highest BCUT2D eigenvalue weighted by atomic mass is 16.5. The molecule has 1 amide bonds. The first-order valence-electron chi connectivity index (χ1n) is 6.69. The average Bonchev–Trinajstić information content (AvgIpc) is 2.64. The van der Waals surface area contributed by atoms with Crippen molar-refractivity contribution in [3.8, 4) is 0 Å². The maximum atomic E-state index is 12.4. The summed E-state index contributed by atoms with van der Waals surface area (Å²) in [5.74, 6) is 0.00304. The minimum Gasteiger partial charge on any atom is -0.392 e. The van der Waals surface area contributed by atoms with Crippen molar-refractivity contribution in [2.24, 2.45) is 11.8 Å². The fourth-order valence-electron chi connectivity index (χ4n) is 2.71. The summed E-state index contributed by atoms with van der Waals surface area (Å²) in [6.45, 7) is 5.88. The van der Waals surface area contributed by atoms with E-state index in [1.54, 1.807) is 12.1 Å². The van der Waals surface area contributed by atoms with E-state index in [0.717, 1.165) is 5.56 Å². The summed E-state index contributed by atoms with van der Waals surface area (Å²) in [6, 6.07) is 7.29. The Kier molecular flexibility index (Phi) is 4.22. The third-order valence-electron chi connectivity index (χ3n) is 3.99. The van der Waals surface area contributed by atoms with Crippen LogP contribution in [-0.2, 0) is 16.1 Å². The molecule has 1 saturated heterocycles. The normalized spacial score (nSPS) is 30.3. The Morgan fingerprint density at radius 3 is 2.53 bits per heavy atom. The first-order valence-corrected chi connectivity index (χ1v) is 6.69. The summed E-state index contributed by atoms with van der Waals surface area (Å²) >= 11 is 0.